The lowest BCUT2D eigenvalue weighted by Crippen LogP contribution is -2.43. The van der Waals surface area contributed by atoms with Gasteiger partial charge in [0.1, 0.15) is 11.6 Å². The summed E-state index contributed by atoms with van der Waals surface area (Å²) in [4.78, 5) is 11.7. The molecular formula is C13H27NO2. The molecule has 3 nitrogen and oxygen atoms in total. The van der Waals surface area contributed by atoms with Gasteiger partial charge in [-0.25, -0.2) is 0 Å². The Bertz CT molecular complexity index is 208. The van der Waals surface area contributed by atoms with Gasteiger partial charge in [-0.15, -0.1) is 0 Å². The van der Waals surface area contributed by atoms with Gasteiger partial charge in [-0.05, 0) is 41.0 Å². The van der Waals surface area contributed by atoms with Crippen LogP contribution in [0.25, 0.3) is 0 Å². The van der Waals surface area contributed by atoms with Crippen LogP contribution in [0.5, 0.6) is 0 Å². The van der Waals surface area contributed by atoms with E-state index in [9.17, 15) is 4.79 Å². The Morgan fingerprint density at radius 2 is 1.88 bits per heavy atom. The van der Waals surface area contributed by atoms with E-state index in [1.165, 1.54) is 12.8 Å². The van der Waals surface area contributed by atoms with Gasteiger partial charge in [0.25, 0.3) is 0 Å². The number of carbonyl (C=O) groups is 1. The van der Waals surface area contributed by atoms with E-state index in [2.05, 4.69) is 19.2 Å². The number of nitrogens with one attached hydrogen (secondary N) is 1. The summed E-state index contributed by atoms with van der Waals surface area (Å²) in [6.45, 7) is 11.8. The van der Waals surface area contributed by atoms with Crippen LogP contribution in [0.1, 0.15) is 60.8 Å². The number of hydrogen-bond donors (Lipinski definition) is 1. The number of hydrogen-bond acceptors (Lipinski definition) is 3. The van der Waals surface area contributed by atoms with E-state index >= 15 is 0 Å². The third-order valence-corrected chi connectivity index (χ3v) is 2.29. The lowest BCUT2D eigenvalue weighted by molar-refractivity contribution is -0.157. The quantitative estimate of drug-likeness (QED) is 0.712. The normalized spacial score (nSPS) is 15.6. The second-order valence-electron chi connectivity index (χ2n) is 5.47. The van der Waals surface area contributed by atoms with Crippen molar-refractivity contribution in [1.82, 2.24) is 5.32 Å². The van der Waals surface area contributed by atoms with Crippen molar-refractivity contribution in [2.24, 2.45) is 0 Å². The van der Waals surface area contributed by atoms with Crippen molar-refractivity contribution in [3.05, 3.63) is 0 Å². The molecule has 0 aliphatic heterocycles. The maximum Gasteiger partial charge on any atom is 0.323 e. The van der Waals surface area contributed by atoms with Crippen LogP contribution >= 0.6 is 0 Å². The highest BCUT2D eigenvalue weighted by molar-refractivity contribution is 5.75. The van der Waals surface area contributed by atoms with Crippen molar-refractivity contribution in [3.63, 3.8) is 0 Å². The standard InChI is InChI=1S/C13H27NO2/c1-7-8-9-10(2)14-11(3)12(15)16-13(4,5)6/h10-11,14H,7-9H2,1-6H3/t10?,11-/m1/s1. The Morgan fingerprint density at radius 3 is 2.31 bits per heavy atom. The van der Waals surface area contributed by atoms with Gasteiger partial charge in [0, 0.05) is 6.04 Å². The summed E-state index contributed by atoms with van der Waals surface area (Å²) < 4.78 is 5.30. The maximum absolute atomic E-state index is 11.7. The molecule has 0 amide bonds. The van der Waals surface area contributed by atoms with E-state index in [1.54, 1.807) is 0 Å². The zero-order chi connectivity index (χ0) is 12.8. The topological polar surface area (TPSA) is 38.3 Å². The van der Waals surface area contributed by atoms with Gasteiger partial charge >= 0.3 is 5.97 Å². The average molecular weight is 229 g/mol. The van der Waals surface area contributed by atoms with E-state index < -0.39 is 5.60 Å². The number of carbonyl (C=O) groups excluding carboxylic acids is 1. The van der Waals surface area contributed by atoms with Gasteiger partial charge in [0.2, 0.25) is 0 Å². The summed E-state index contributed by atoms with van der Waals surface area (Å²) in [5.74, 6) is -0.171. The van der Waals surface area contributed by atoms with E-state index in [4.69, 9.17) is 4.74 Å². The third-order valence-electron chi connectivity index (χ3n) is 2.29. The molecule has 1 unspecified atom stereocenters. The molecule has 1 N–H and O–H groups in total. The fourth-order valence-electron chi connectivity index (χ4n) is 1.48. The SMILES string of the molecule is CCCCC(C)N[C@H](C)C(=O)OC(C)(C)C. The molecule has 0 fully saturated rings. The molecule has 96 valence electrons. The van der Waals surface area contributed by atoms with E-state index in [0.29, 0.717) is 6.04 Å². The van der Waals surface area contributed by atoms with Crippen LogP contribution in [0.4, 0.5) is 0 Å². The fourth-order valence-corrected chi connectivity index (χ4v) is 1.48. The average Bonchev–Trinajstić information content (AvgIpc) is 2.11. The summed E-state index contributed by atoms with van der Waals surface area (Å²) in [5.41, 5.74) is -0.403. The van der Waals surface area contributed by atoms with Crippen LogP contribution in [0.2, 0.25) is 0 Å². The maximum atomic E-state index is 11.7. The van der Waals surface area contributed by atoms with E-state index in [1.807, 2.05) is 27.7 Å². The lowest BCUT2D eigenvalue weighted by Gasteiger charge is -2.24. The summed E-state index contributed by atoms with van der Waals surface area (Å²) in [6, 6.07) is 0.133. The lowest BCUT2D eigenvalue weighted by atomic mass is 10.1. The molecule has 16 heavy (non-hydrogen) atoms. The number of ether oxygens (including phenoxy) is 1. The highest BCUT2D eigenvalue weighted by Gasteiger charge is 2.22. The zero-order valence-corrected chi connectivity index (χ0v) is 11.6. The first-order chi connectivity index (χ1) is 7.26. The number of esters is 1. The molecule has 0 aliphatic carbocycles. The van der Waals surface area contributed by atoms with Crippen molar-refractivity contribution in [2.75, 3.05) is 0 Å². The van der Waals surface area contributed by atoms with Crippen LogP contribution in [0.3, 0.4) is 0 Å². The first-order valence-electron chi connectivity index (χ1n) is 6.25. The second-order valence-corrected chi connectivity index (χ2v) is 5.47. The van der Waals surface area contributed by atoms with Crippen LogP contribution in [-0.4, -0.2) is 23.7 Å². The van der Waals surface area contributed by atoms with E-state index in [0.717, 1.165) is 6.42 Å². The summed E-state index contributed by atoms with van der Waals surface area (Å²) in [7, 11) is 0. The van der Waals surface area contributed by atoms with Gasteiger partial charge in [0.15, 0.2) is 0 Å². The minimum Gasteiger partial charge on any atom is -0.459 e. The Hall–Kier alpha value is -0.570. The largest absolute Gasteiger partial charge is 0.459 e. The molecule has 0 aromatic rings. The molecule has 0 saturated heterocycles. The Morgan fingerprint density at radius 1 is 1.31 bits per heavy atom. The predicted octanol–water partition coefficient (Wildman–Crippen LogP) is 2.88. The molecular weight excluding hydrogens is 202 g/mol. The molecule has 0 bridgehead atoms. The smallest absolute Gasteiger partial charge is 0.323 e. The first kappa shape index (κ1) is 15.4. The highest BCUT2D eigenvalue weighted by atomic mass is 16.6. The minimum atomic E-state index is -0.403. The number of unbranched alkanes of at least 4 members (excludes halogenated alkanes) is 1. The molecule has 0 saturated carbocycles. The van der Waals surface area contributed by atoms with Crippen LogP contribution < -0.4 is 5.32 Å². The van der Waals surface area contributed by atoms with Crippen molar-refractivity contribution in [2.45, 2.75) is 78.5 Å². The second kappa shape index (κ2) is 6.89. The van der Waals surface area contributed by atoms with Crippen molar-refractivity contribution >= 4 is 5.97 Å². The van der Waals surface area contributed by atoms with E-state index in [-0.39, 0.29) is 12.0 Å². The Labute approximate surface area is 99.9 Å². The summed E-state index contributed by atoms with van der Waals surface area (Å²) in [6.07, 6.45) is 3.48. The van der Waals surface area contributed by atoms with Crippen molar-refractivity contribution in [1.29, 1.82) is 0 Å². The summed E-state index contributed by atoms with van der Waals surface area (Å²) >= 11 is 0. The molecule has 3 heteroatoms. The molecule has 0 aromatic carbocycles. The van der Waals surface area contributed by atoms with Crippen LogP contribution in [0, 0.1) is 0 Å². The molecule has 0 aliphatic rings. The minimum absolute atomic E-state index is 0.171. The van der Waals surface area contributed by atoms with Gasteiger partial charge in [-0.2, -0.15) is 0 Å². The van der Waals surface area contributed by atoms with Gasteiger partial charge in [0.05, 0.1) is 0 Å². The monoisotopic (exact) mass is 229 g/mol. The molecule has 0 heterocycles. The fraction of sp³-hybridized carbons (Fsp3) is 0.923. The van der Waals surface area contributed by atoms with Gasteiger partial charge in [-0.1, -0.05) is 19.8 Å². The summed E-state index contributed by atoms with van der Waals surface area (Å²) in [5, 5.41) is 3.26. The van der Waals surface area contributed by atoms with Crippen LogP contribution in [0.15, 0.2) is 0 Å². The number of rotatable bonds is 6. The molecule has 0 rings (SSSR count). The van der Waals surface area contributed by atoms with Gasteiger partial charge in [-0.3, -0.25) is 4.79 Å². The molecule has 2 atom stereocenters. The highest BCUT2D eigenvalue weighted by Crippen LogP contribution is 2.09. The first-order valence-corrected chi connectivity index (χ1v) is 6.25. The van der Waals surface area contributed by atoms with Crippen molar-refractivity contribution in [3.8, 4) is 0 Å². The van der Waals surface area contributed by atoms with Gasteiger partial charge < -0.3 is 10.1 Å². The van der Waals surface area contributed by atoms with Crippen molar-refractivity contribution < 1.29 is 9.53 Å². The zero-order valence-electron chi connectivity index (χ0n) is 11.6. The predicted molar refractivity (Wildman–Crippen MR) is 67.4 cm³/mol. The Kier molecular flexibility index (Phi) is 6.65. The van der Waals surface area contributed by atoms with Crippen LogP contribution in [-0.2, 0) is 9.53 Å². The molecule has 0 radical (unpaired) electrons. The molecule has 0 spiro atoms. The molecule has 0 aromatic heterocycles. The Balaban J connectivity index is 3.95. The third kappa shape index (κ3) is 7.69.